The molecule has 0 spiro atoms. The van der Waals surface area contributed by atoms with Crippen molar-refractivity contribution < 1.29 is 0 Å². The molecule has 2 aromatic carbocycles. The Bertz CT molecular complexity index is 877. The van der Waals surface area contributed by atoms with E-state index in [-0.39, 0.29) is 0 Å². The molecule has 0 fully saturated rings. The van der Waals surface area contributed by atoms with Crippen LogP contribution in [0.15, 0.2) is 73.1 Å². The van der Waals surface area contributed by atoms with Crippen molar-refractivity contribution in [3.8, 4) is 11.4 Å². The first-order valence-corrected chi connectivity index (χ1v) is 7.56. The van der Waals surface area contributed by atoms with E-state index in [0.717, 1.165) is 0 Å². The Balaban J connectivity index is 2.04. The zero-order valence-electron chi connectivity index (χ0n) is 12.8. The Labute approximate surface area is 130 Å². The predicted octanol–water partition coefficient (Wildman–Crippen LogP) is 5.04. The summed E-state index contributed by atoms with van der Waals surface area (Å²) in [6.07, 6.45) is 4.25. The molecule has 0 N–H and O–H groups in total. The highest BCUT2D eigenvalue weighted by atomic mass is 15.0. The van der Waals surface area contributed by atoms with Crippen molar-refractivity contribution >= 4 is 10.8 Å². The topological polar surface area (TPSA) is 9.86 Å². The van der Waals surface area contributed by atoms with Gasteiger partial charge in [0.2, 0.25) is 0 Å². The molecule has 2 nitrogen and oxygen atoms in total. The molecule has 108 valence electrons. The largest absolute Gasteiger partial charge is 0.321 e. The van der Waals surface area contributed by atoms with E-state index >= 15 is 0 Å². The van der Waals surface area contributed by atoms with Gasteiger partial charge in [0.1, 0.15) is 0 Å². The third-order valence-electron chi connectivity index (χ3n) is 4.30. The molecule has 0 atom stereocenters. The maximum absolute atomic E-state index is 2.24. The molecule has 4 rings (SSSR count). The van der Waals surface area contributed by atoms with Crippen LogP contribution in [0.5, 0.6) is 0 Å². The molecular weight excluding hydrogens is 268 g/mol. The normalized spacial score (nSPS) is 11.2. The summed E-state index contributed by atoms with van der Waals surface area (Å²) in [5.74, 6) is 0. The van der Waals surface area contributed by atoms with Gasteiger partial charge < -0.3 is 9.13 Å². The SMILES string of the molecule is Cc1cccn1-c1cccc2c(-n3cccc3C)cccc12. The zero-order chi connectivity index (χ0) is 15.1. The third kappa shape index (κ3) is 1.88. The fourth-order valence-electron chi connectivity index (χ4n) is 3.17. The molecule has 0 unspecified atom stereocenters. The molecule has 0 saturated heterocycles. The second-order valence-corrected chi connectivity index (χ2v) is 5.69. The minimum Gasteiger partial charge on any atom is -0.321 e. The lowest BCUT2D eigenvalue weighted by Gasteiger charge is -2.14. The molecule has 4 aromatic rings. The first-order valence-electron chi connectivity index (χ1n) is 7.56. The fourth-order valence-corrected chi connectivity index (χ4v) is 3.17. The van der Waals surface area contributed by atoms with Gasteiger partial charge in [-0.05, 0) is 50.2 Å². The molecule has 0 bridgehead atoms. The van der Waals surface area contributed by atoms with Gasteiger partial charge >= 0.3 is 0 Å². The molecule has 2 aromatic heterocycles. The molecule has 2 heterocycles. The minimum atomic E-state index is 1.23. The second-order valence-electron chi connectivity index (χ2n) is 5.69. The number of nitrogens with zero attached hydrogens (tertiary/aromatic N) is 2. The van der Waals surface area contributed by atoms with E-state index < -0.39 is 0 Å². The highest BCUT2D eigenvalue weighted by Crippen LogP contribution is 2.29. The third-order valence-corrected chi connectivity index (χ3v) is 4.30. The van der Waals surface area contributed by atoms with Crippen molar-refractivity contribution in [3.63, 3.8) is 0 Å². The van der Waals surface area contributed by atoms with Gasteiger partial charge in [0.15, 0.2) is 0 Å². The number of aryl methyl sites for hydroxylation is 2. The Morgan fingerprint density at radius 3 is 1.36 bits per heavy atom. The zero-order valence-corrected chi connectivity index (χ0v) is 12.8. The van der Waals surface area contributed by atoms with Crippen LogP contribution in [0.2, 0.25) is 0 Å². The van der Waals surface area contributed by atoms with E-state index in [1.807, 2.05) is 0 Å². The van der Waals surface area contributed by atoms with E-state index in [9.17, 15) is 0 Å². The van der Waals surface area contributed by atoms with Crippen molar-refractivity contribution in [2.75, 3.05) is 0 Å². The summed E-state index contributed by atoms with van der Waals surface area (Å²) < 4.78 is 4.49. The quantitative estimate of drug-likeness (QED) is 0.488. The molecule has 0 saturated carbocycles. The van der Waals surface area contributed by atoms with Gasteiger partial charge in [-0.15, -0.1) is 0 Å². The Morgan fingerprint density at radius 2 is 1.00 bits per heavy atom. The molecule has 0 amide bonds. The standard InChI is InChI=1S/C20H18N2/c1-15-7-5-13-21(15)19-11-3-10-18-17(19)9-4-12-20(18)22-14-6-8-16(22)2/h3-14H,1-2H3. The second kappa shape index (κ2) is 4.92. The number of aromatic nitrogens is 2. The summed E-state index contributed by atoms with van der Waals surface area (Å²) in [6, 6.07) is 21.5. The maximum atomic E-state index is 2.24. The van der Waals surface area contributed by atoms with Crippen molar-refractivity contribution in [2.45, 2.75) is 13.8 Å². The molecule has 22 heavy (non-hydrogen) atoms. The summed E-state index contributed by atoms with van der Waals surface area (Å²) in [7, 11) is 0. The summed E-state index contributed by atoms with van der Waals surface area (Å²) in [5, 5.41) is 2.54. The van der Waals surface area contributed by atoms with Gasteiger partial charge in [0.05, 0.1) is 11.4 Å². The van der Waals surface area contributed by atoms with Gasteiger partial charge in [-0.2, -0.15) is 0 Å². The van der Waals surface area contributed by atoms with Crippen LogP contribution >= 0.6 is 0 Å². The molecule has 2 heteroatoms. The van der Waals surface area contributed by atoms with E-state index in [2.05, 4.69) is 96.0 Å². The first kappa shape index (κ1) is 13.0. The average molecular weight is 286 g/mol. The number of hydrogen-bond acceptors (Lipinski definition) is 0. The van der Waals surface area contributed by atoms with E-state index in [4.69, 9.17) is 0 Å². The Hall–Kier alpha value is -2.74. The van der Waals surface area contributed by atoms with Gasteiger partial charge in [-0.3, -0.25) is 0 Å². The molecule has 0 radical (unpaired) electrons. The average Bonchev–Trinajstić information content (AvgIpc) is 3.14. The minimum absolute atomic E-state index is 1.23. The van der Waals surface area contributed by atoms with Gasteiger partial charge in [0.25, 0.3) is 0 Å². The van der Waals surface area contributed by atoms with Gasteiger partial charge in [0, 0.05) is 34.6 Å². The maximum Gasteiger partial charge on any atom is 0.0531 e. The van der Waals surface area contributed by atoms with Crippen LogP contribution in [0.1, 0.15) is 11.4 Å². The van der Waals surface area contributed by atoms with E-state index in [1.54, 1.807) is 0 Å². The molecule has 0 aliphatic carbocycles. The van der Waals surface area contributed by atoms with Crippen LogP contribution in [0.4, 0.5) is 0 Å². The number of hydrogen-bond donors (Lipinski definition) is 0. The number of fused-ring (bicyclic) bond motifs is 1. The monoisotopic (exact) mass is 286 g/mol. The van der Waals surface area contributed by atoms with Gasteiger partial charge in [-0.25, -0.2) is 0 Å². The number of rotatable bonds is 2. The highest BCUT2D eigenvalue weighted by molar-refractivity contribution is 5.96. The van der Waals surface area contributed by atoms with Gasteiger partial charge in [-0.1, -0.05) is 24.3 Å². The lowest BCUT2D eigenvalue weighted by atomic mass is 10.1. The van der Waals surface area contributed by atoms with Crippen LogP contribution in [-0.4, -0.2) is 9.13 Å². The lowest BCUT2D eigenvalue weighted by Crippen LogP contribution is -1.99. The number of benzene rings is 2. The molecule has 0 aliphatic heterocycles. The fraction of sp³-hybridized carbons (Fsp3) is 0.100. The van der Waals surface area contributed by atoms with Crippen molar-refractivity contribution in [1.29, 1.82) is 0 Å². The van der Waals surface area contributed by atoms with Crippen LogP contribution < -0.4 is 0 Å². The predicted molar refractivity (Wildman–Crippen MR) is 92.1 cm³/mol. The van der Waals surface area contributed by atoms with E-state index in [1.165, 1.54) is 33.5 Å². The van der Waals surface area contributed by atoms with Crippen LogP contribution in [-0.2, 0) is 0 Å². The summed E-state index contributed by atoms with van der Waals surface area (Å²) >= 11 is 0. The summed E-state index contributed by atoms with van der Waals surface area (Å²) in [5.41, 5.74) is 4.95. The smallest absolute Gasteiger partial charge is 0.0531 e. The molecular formula is C20H18N2. The van der Waals surface area contributed by atoms with Crippen LogP contribution in [0.3, 0.4) is 0 Å². The summed E-state index contributed by atoms with van der Waals surface area (Å²) in [6.45, 7) is 4.28. The molecule has 0 aliphatic rings. The van der Waals surface area contributed by atoms with Crippen molar-refractivity contribution in [2.24, 2.45) is 0 Å². The van der Waals surface area contributed by atoms with E-state index in [0.29, 0.717) is 0 Å². The summed E-state index contributed by atoms with van der Waals surface area (Å²) in [4.78, 5) is 0. The lowest BCUT2D eigenvalue weighted by molar-refractivity contribution is 1.02. The van der Waals surface area contributed by atoms with Crippen molar-refractivity contribution in [3.05, 3.63) is 84.4 Å². The first-order chi connectivity index (χ1) is 10.8. The Morgan fingerprint density at radius 1 is 0.545 bits per heavy atom. The highest BCUT2D eigenvalue weighted by Gasteiger charge is 2.09. The van der Waals surface area contributed by atoms with Crippen LogP contribution in [0.25, 0.3) is 22.1 Å². The van der Waals surface area contributed by atoms with Crippen LogP contribution in [0, 0.1) is 13.8 Å². The Kier molecular flexibility index (Phi) is 2.90. The van der Waals surface area contributed by atoms with Crippen molar-refractivity contribution in [1.82, 2.24) is 9.13 Å².